The maximum absolute atomic E-state index is 12.6. The lowest BCUT2D eigenvalue weighted by Crippen LogP contribution is -2.41. The normalized spacial score (nSPS) is 13.8. The van der Waals surface area contributed by atoms with Crippen LogP contribution in [0, 0.1) is 17.2 Å². The van der Waals surface area contributed by atoms with E-state index in [4.69, 9.17) is 5.26 Å². The first-order valence-corrected chi connectivity index (χ1v) is 10.8. The molecule has 0 radical (unpaired) electrons. The van der Waals surface area contributed by atoms with E-state index in [0.29, 0.717) is 18.5 Å². The van der Waals surface area contributed by atoms with E-state index in [-0.39, 0.29) is 24.2 Å². The van der Waals surface area contributed by atoms with Gasteiger partial charge in [0.25, 0.3) is 0 Å². The molecule has 0 atom stereocenters. The summed E-state index contributed by atoms with van der Waals surface area (Å²) in [6.07, 6.45) is 5.04. The molecule has 32 heavy (non-hydrogen) atoms. The summed E-state index contributed by atoms with van der Waals surface area (Å²) in [6, 6.07) is 20.0. The Morgan fingerprint density at radius 3 is 2.53 bits per heavy atom. The summed E-state index contributed by atoms with van der Waals surface area (Å²) in [4.78, 5) is 22.7. The monoisotopic (exact) mass is 449 g/mol. The van der Waals surface area contributed by atoms with Crippen molar-refractivity contribution in [3.8, 4) is 6.07 Å². The van der Waals surface area contributed by atoms with Crippen LogP contribution in [0.3, 0.4) is 0 Å². The van der Waals surface area contributed by atoms with Gasteiger partial charge in [-0.15, -0.1) is 12.4 Å². The standard InChI is InChI=1S/C25H27N5O.ClH/c26-17-20-8-6-19(7-9-20)16-24-28-18-22(29-24)10-13-27-25(31)21-11-14-30(15-12-21)23-4-2-1-3-5-23;/h1-9,18,21H,10-16H2,(H,27,31)(H,28,29);1H. The Hall–Kier alpha value is -3.30. The number of hydrogen-bond donors (Lipinski definition) is 2. The van der Waals surface area contributed by atoms with E-state index in [1.54, 1.807) is 0 Å². The zero-order chi connectivity index (χ0) is 21.5. The van der Waals surface area contributed by atoms with Crippen molar-refractivity contribution in [1.29, 1.82) is 5.26 Å². The maximum atomic E-state index is 12.6. The molecule has 6 nitrogen and oxygen atoms in total. The predicted molar refractivity (Wildman–Crippen MR) is 128 cm³/mol. The second-order valence-corrected chi connectivity index (χ2v) is 7.98. The third kappa shape index (κ3) is 6.12. The number of para-hydroxylation sites is 1. The summed E-state index contributed by atoms with van der Waals surface area (Å²) >= 11 is 0. The molecule has 3 aromatic rings. The van der Waals surface area contributed by atoms with Crippen molar-refractivity contribution in [2.24, 2.45) is 5.92 Å². The molecule has 1 amide bonds. The van der Waals surface area contributed by atoms with Crippen molar-refractivity contribution in [2.45, 2.75) is 25.7 Å². The van der Waals surface area contributed by atoms with Gasteiger partial charge < -0.3 is 15.2 Å². The lowest BCUT2D eigenvalue weighted by molar-refractivity contribution is -0.125. The summed E-state index contributed by atoms with van der Waals surface area (Å²) in [6.45, 7) is 2.44. The summed E-state index contributed by atoms with van der Waals surface area (Å²) < 4.78 is 0. The Bertz CT molecular complexity index is 1030. The highest BCUT2D eigenvalue weighted by atomic mass is 35.5. The van der Waals surface area contributed by atoms with Gasteiger partial charge in [-0.1, -0.05) is 30.3 Å². The van der Waals surface area contributed by atoms with Crippen LogP contribution in [0.5, 0.6) is 0 Å². The van der Waals surface area contributed by atoms with Gasteiger partial charge in [-0.25, -0.2) is 4.98 Å². The average molecular weight is 450 g/mol. The van der Waals surface area contributed by atoms with E-state index in [1.807, 2.05) is 36.5 Å². The summed E-state index contributed by atoms with van der Waals surface area (Å²) in [7, 11) is 0. The number of benzene rings is 2. The molecule has 2 heterocycles. The van der Waals surface area contributed by atoms with Gasteiger partial charge in [0.1, 0.15) is 5.82 Å². The smallest absolute Gasteiger partial charge is 0.223 e. The zero-order valence-corrected chi connectivity index (χ0v) is 18.8. The number of hydrogen-bond acceptors (Lipinski definition) is 4. The lowest BCUT2D eigenvalue weighted by atomic mass is 9.95. The van der Waals surface area contributed by atoms with Gasteiger partial charge in [-0.3, -0.25) is 4.79 Å². The van der Waals surface area contributed by atoms with Crippen molar-refractivity contribution in [2.75, 3.05) is 24.5 Å². The Balaban J connectivity index is 0.00000289. The SMILES string of the molecule is Cl.N#Cc1ccc(Cc2ncc(CCNC(=O)C3CCN(c4ccccc4)CC3)[nH]2)cc1. The van der Waals surface area contributed by atoms with Gasteiger partial charge in [0.15, 0.2) is 0 Å². The number of carbonyl (C=O) groups excluding carboxylic acids is 1. The van der Waals surface area contributed by atoms with Crippen molar-refractivity contribution < 1.29 is 4.79 Å². The zero-order valence-electron chi connectivity index (χ0n) is 18.0. The quantitative estimate of drug-likeness (QED) is 0.573. The molecular formula is C25H28ClN5O. The van der Waals surface area contributed by atoms with Crippen LogP contribution in [0.15, 0.2) is 60.8 Å². The van der Waals surface area contributed by atoms with Gasteiger partial charge in [0.05, 0.1) is 11.6 Å². The molecule has 0 spiro atoms. The number of H-pyrrole nitrogens is 1. The molecule has 0 unspecified atom stereocenters. The first kappa shape index (κ1) is 23.4. The molecule has 2 N–H and O–H groups in total. The number of imidazole rings is 1. The first-order chi connectivity index (χ1) is 15.2. The average Bonchev–Trinajstić information content (AvgIpc) is 3.27. The number of aromatic nitrogens is 2. The van der Waals surface area contributed by atoms with Crippen LogP contribution in [-0.4, -0.2) is 35.5 Å². The minimum atomic E-state index is 0. The molecule has 166 valence electrons. The Morgan fingerprint density at radius 1 is 1.12 bits per heavy atom. The Kier molecular flexibility index (Phi) is 8.29. The molecule has 1 aliphatic heterocycles. The van der Waals surface area contributed by atoms with Crippen LogP contribution in [0.4, 0.5) is 5.69 Å². The van der Waals surface area contributed by atoms with E-state index in [9.17, 15) is 4.79 Å². The first-order valence-electron chi connectivity index (χ1n) is 10.8. The van der Waals surface area contributed by atoms with Gasteiger partial charge in [-0.2, -0.15) is 5.26 Å². The molecule has 0 saturated carbocycles. The number of nitrogens with one attached hydrogen (secondary N) is 2. The van der Waals surface area contributed by atoms with E-state index in [2.05, 4.69) is 50.5 Å². The number of carbonyl (C=O) groups is 1. The molecular weight excluding hydrogens is 422 g/mol. The molecule has 7 heteroatoms. The highest BCUT2D eigenvalue weighted by Crippen LogP contribution is 2.23. The molecule has 1 fully saturated rings. The van der Waals surface area contributed by atoms with E-state index in [0.717, 1.165) is 49.4 Å². The van der Waals surface area contributed by atoms with Crippen molar-refractivity contribution >= 4 is 24.0 Å². The topological polar surface area (TPSA) is 84.8 Å². The third-order valence-electron chi connectivity index (χ3n) is 5.82. The maximum Gasteiger partial charge on any atom is 0.223 e. The second-order valence-electron chi connectivity index (χ2n) is 7.98. The Labute approximate surface area is 195 Å². The molecule has 0 bridgehead atoms. The minimum absolute atomic E-state index is 0. The van der Waals surface area contributed by atoms with Crippen LogP contribution in [0.2, 0.25) is 0 Å². The van der Waals surface area contributed by atoms with Gasteiger partial charge in [0, 0.05) is 56.0 Å². The number of nitrogens with zero attached hydrogens (tertiary/aromatic N) is 3. The van der Waals surface area contributed by atoms with Gasteiger partial charge in [0.2, 0.25) is 5.91 Å². The summed E-state index contributed by atoms with van der Waals surface area (Å²) in [5.41, 5.74) is 4.01. The number of anilines is 1. The largest absolute Gasteiger partial charge is 0.371 e. The summed E-state index contributed by atoms with van der Waals surface area (Å²) in [5.74, 6) is 1.14. The second kappa shape index (κ2) is 11.4. The third-order valence-corrected chi connectivity index (χ3v) is 5.82. The number of nitriles is 1. The highest BCUT2D eigenvalue weighted by Gasteiger charge is 2.24. The fraction of sp³-hybridized carbons (Fsp3) is 0.320. The number of halogens is 1. The van der Waals surface area contributed by atoms with Gasteiger partial charge in [-0.05, 0) is 42.7 Å². The fourth-order valence-electron chi connectivity index (χ4n) is 4.02. The summed E-state index contributed by atoms with van der Waals surface area (Å²) in [5, 5.41) is 12.0. The molecule has 2 aromatic carbocycles. The fourth-order valence-corrected chi connectivity index (χ4v) is 4.02. The highest BCUT2D eigenvalue weighted by molar-refractivity contribution is 5.85. The molecule has 0 aliphatic carbocycles. The Morgan fingerprint density at radius 2 is 1.84 bits per heavy atom. The molecule has 1 saturated heterocycles. The minimum Gasteiger partial charge on any atom is -0.371 e. The number of piperidine rings is 1. The molecule has 4 rings (SSSR count). The van der Waals surface area contributed by atoms with Crippen molar-refractivity contribution in [3.05, 3.63) is 83.4 Å². The van der Waals surface area contributed by atoms with Crippen LogP contribution in [0.25, 0.3) is 0 Å². The predicted octanol–water partition coefficient (Wildman–Crippen LogP) is 3.87. The van der Waals surface area contributed by atoms with Crippen LogP contribution < -0.4 is 10.2 Å². The number of rotatable bonds is 7. The van der Waals surface area contributed by atoms with Crippen molar-refractivity contribution in [3.63, 3.8) is 0 Å². The van der Waals surface area contributed by atoms with E-state index in [1.165, 1.54) is 5.69 Å². The van der Waals surface area contributed by atoms with Crippen LogP contribution in [0.1, 0.15) is 35.5 Å². The number of aromatic amines is 1. The lowest BCUT2D eigenvalue weighted by Gasteiger charge is -2.33. The van der Waals surface area contributed by atoms with E-state index < -0.39 is 0 Å². The van der Waals surface area contributed by atoms with Crippen molar-refractivity contribution in [1.82, 2.24) is 15.3 Å². The van der Waals surface area contributed by atoms with Gasteiger partial charge >= 0.3 is 0 Å². The molecule has 1 aromatic heterocycles. The molecule has 1 aliphatic rings. The van der Waals surface area contributed by atoms with Crippen LogP contribution >= 0.6 is 12.4 Å². The van der Waals surface area contributed by atoms with Crippen LogP contribution in [-0.2, 0) is 17.6 Å². The van der Waals surface area contributed by atoms with E-state index >= 15 is 0 Å². The number of amides is 1.